The minimum absolute atomic E-state index is 0.0449. The van der Waals surface area contributed by atoms with Crippen LogP contribution in [0.15, 0.2) is 42.5 Å². The van der Waals surface area contributed by atoms with Crippen LogP contribution in [0.25, 0.3) is 0 Å². The maximum Gasteiger partial charge on any atom is 0.159 e. The first-order valence-corrected chi connectivity index (χ1v) is 5.92. The van der Waals surface area contributed by atoms with Gasteiger partial charge in [0, 0.05) is 5.56 Å². The van der Waals surface area contributed by atoms with Crippen molar-refractivity contribution < 1.29 is 18.3 Å². The van der Waals surface area contributed by atoms with E-state index in [1.807, 2.05) is 0 Å². The van der Waals surface area contributed by atoms with Crippen LogP contribution in [-0.4, -0.2) is 5.11 Å². The third-order valence-corrected chi connectivity index (χ3v) is 3.23. The standard InChI is InChI=1S/C15H13F3O/c1-2-15(19,11-5-3-4-6-12(11)16)10-7-8-13(17)14(18)9-10/h3-9,19H,2H2,1H3. The molecular formula is C15H13F3O. The molecule has 0 spiro atoms. The zero-order valence-corrected chi connectivity index (χ0v) is 10.3. The van der Waals surface area contributed by atoms with Crippen molar-refractivity contribution in [1.82, 2.24) is 0 Å². The quantitative estimate of drug-likeness (QED) is 0.897. The third kappa shape index (κ3) is 2.36. The molecule has 0 amide bonds. The molecule has 0 aliphatic rings. The van der Waals surface area contributed by atoms with Crippen molar-refractivity contribution >= 4 is 0 Å². The molecule has 100 valence electrons. The zero-order valence-electron chi connectivity index (χ0n) is 10.3. The summed E-state index contributed by atoms with van der Waals surface area (Å²) in [5, 5.41) is 10.6. The first-order chi connectivity index (χ1) is 8.99. The predicted molar refractivity (Wildman–Crippen MR) is 66.0 cm³/mol. The summed E-state index contributed by atoms with van der Waals surface area (Å²) in [7, 11) is 0. The van der Waals surface area contributed by atoms with Gasteiger partial charge in [-0.2, -0.15) is 0 Å². The lowest BCUT2D eigenvalue weighted by atomic mass is 9.84. The minimum Gasteiger partial charge on any atom is -0.380 e. The molecule has 1 N–H and O–H groups in total. The van der Waals surface area contributed by atoms with Gasteiger partial charge in [-0.25, -0.2) is 13.2 Å². The van der Waals surface area contributed by atoms with E-state index in [4.69, 9.17) is 0 Å². The largest absolute Gasteiger partial charge is 0.380 e. The number of hydrogen-bond donors (Lipinski definition) is 1. The Balaban J connectivity index is 2.60. The molecule has 0 radical (unpaired) electrons. The predicted octanol–water partition coefficient (Wildman–Crippen LogP) is 3.75. The van der Waals surface area contributed by atoms with Crippen molar-refractivity contribution in [3.05, 3.63) is 71.0 Å². The summed E-state index contributed by atoms with van der Waals surface area (Å²) in [6.45, 7) is 1.65. The van der Waals surface area contributed by atoms with Gasteiger partial charge < -0.3 is 5.11 Å². The summed E-state index contributed by atoms with van der Waals surface area (Å²) in [5.74, 6) is -2.66. The summed E-state index contributed by atoms with van der Waals surface area (Å²) in [6.07, 6.45) is 0.138. The first-order valence-electron chi connectivity index (χ1n) is 5.92. The zero-order chi connectivity index (χ0) is 14.0. The van der Waals surface area contributed by atoms with Gasteiger partial charge >= 0.3 is 0 Å². The second-order valence-electron chi connectivity index (χ2n) is 4.32. The van der Waals surface area contributed by atoms with Crippen LogP contribution in [0, 0.1) is 17.5 Å². The summed E-state index contributed by atoms with van der Waals surface area (Å²) in [5.41, 5.74) is -1.51. The molecule has 0 saturated heterocycles. The van der Waals surface area contributed by atoms with Crippen LogP contribution in [0.4, 0.5) is 13.2 Å². The van der Waals surface area contributed by atoms with Crippen molar-refractivity contribution in [2.45, 2.75) is 18.9 Å². The summed E-state index contributed by atoms with van der Waals surface area (Å²) in [4.78, 5) is 0. The Bertz CT molecular complexity index is 598. The molecule has 1 nitrogen and oxygen atoms in total. The lowest BCUT2D eigenvalue weighted by Crippen LogP contribution is -2.27. The number of benzene rings is 2. The van der Waals surface area contributed by atoms with E-state index in [9.17, 15) is 18.3 Å². The van der Waals surface area contributed by atoms with Gasteiger partial charge in [-0.15, -0.1) is 0 Å². The van der Waals surface area contributed by atoms with Crippen molar-refractivity contribution in [2.75, 3.05) is 0 Å². The van der Waals surface area contributed by atoms with E-state index in [1.54, 1.807) is 13.0 Å². The van der Waals surface area contributed by atoms with Gasteiger partial charge in [-0.05, 0) is 30.2 Å². The second kappa shape index (κ2) is 5.05. The Morgan fingerprint density at radius 3 is 2.21 bits per heavy atom. The van der Waals surface area contributed by atoms with E-state index in [0.29, 0.717) is 0 Å². The molecule has 0 aliphatic heterocycles. The van der Waals surface area contributed by atoms with Crippen molar-refractivity contribution in [3.63, 3.8) is 0 Å². The average molecular weight is 266 g/mol. The van der Waals surface area contributed by atoms with Crippen molar-refractivity contribution in [1.29, 1.82) is 0 Å². The third-order valence-electron chi connectivity index (χ3n) is 3.23. The highest BCUT2D eigenvalue weighted by atomic mass is 19.2. The molecule has 2 aromatic rings. The number of aliphatic hydroxyl groups is 1. The molecule has 1 unspecified atom stereocenters. The van der Waals surface area contributed by atoms with E-state index in [1.165, 1.54) is 24.3 Å². The lowest BCUT2D eigenvalue weighted by molar-refractivity contribution is 0.0721. The molecule has 2 aromatic carbocycles. The molecular weight excluding hydrogens is 253 g/mol. The van der Waals surface area contributed by atoms with Crippen LogP contribution in [0.3, 0.4) is 0 Å². The van der Waals surface area contributed by atoms with Crippen LogP contribution < -0.4 is 0 Å². The van der Waals surface area contributed by atoms with Gasteiger partial charge in [0.25, 0.3) is 0 Å². The fourth-order valence-corrected chi connectivity index (χ4v) is 2.10. The van der Waals surface area contributed by atoms with E-state index < -0.39 is 23.1 Å². The molecule has 1 atom stereocenters. The van der Waals surface area contributed by atoms with Crippen LogP contribution >= 0.6 is 0 Å². The van der Waals surface area contributed by atoms with Gasteiger partial charge in [0.05, 0.1) is 0 Å². The van der Waals surface area contributed by atoms with Crippen molar-refractivity contribution in [3.8, 4) is 0 Å². The molecule has 0 saturated carbocycles. The topological polar surface area (TPSA) is 20.2 Å². The first kappa shape index (κ1) is 13.6. The minimum atomic E-state index is -1.68. The number of hydrogen-bond acceptors (Lipinski definition) is 1. The summed E-state index contributed by atoms with van der Waals surface area (Å²) in [6, 6.07) is 8.81. The highest BCUT2D eigenvalue weighted by molar-refractivity contribution is 5.37. The SMILES string of the molecule is CCC(O)(c1ccc(F)c(F)c1)c1ccccc1F. The Hall–Kier alpha value is -1.81. The fourth-order valence-electron chi connectivity index (χ4n) is 2.10. The van der Waals surface area contributed by atoms with Crippen LogP contribution in [0.5, 0.6) is 0 Å². The number of rotatable bonds is 3. The van der Waals surface area contributed by atoms with Crippen molar-refractivity contribution in [2.24, 2.45) is 0 Å². The molecule has 4 heteroatoms. The summed E-state index contributed by atoms with van der Waals surface area (Å²) < 4.78 is 40.0. The number of halogens is 3. The second-order valence-corrected chi connectivity index (χ2v) is 4.32. The van der Waals surface area contributed by atoms with Crippen LogP contribution in [-0.2, 0) is 5.60 Å². The van der Waals surface area contributed by atoms with Crippen LogP contribution in [0.2, 0.25) is 0 Å². The van der Waals surface area contributed by atoms with E-state index in [0.717, 1.165) is 12.1 Å². The van der Waals surface area contributed by atoms with Gasteiger partial charge in [0.2, 0.25) is 0 Å². The summed E-state index contributed by atoms with van der Waals surface area (Å²) >= 11 is 0. The van der Waals surface area contributed by atoms with Gasteiger partial charge in [0.15, 0.2) is 11.6 Å². The fraction of sp³-hybridized carbons (Fsp3) is 0.200. The Labute approximate surface area is 109 Å². The Morgan fingerprint density at radius 1 is 0.947 bits per heavy atom. The highest BCUT2D eigenvalue weighted by Crippen LogP contribution is 2.34. The maximum absolute atomic E-state index is 13.8. The highest BCUT2D eigenvalue weighted by Gasteiger charge is 2.32. The maximum atomic E-state index is 13.8. The van der Waals surface area contributed by atoms with E-state index in [2.05, 4.69) is 0 Å². The van der Waals surface area contributed by atoms with Gasteiger partial charge in [-0.1, -0.05) is 31.2 Å². The Kier molecular flexibility index (Phi) is 3.62. The van der Waals surface area contributed by atoms with Gasteiger partial charge in [0.1, 0.15) is 11.4 Å². The molecule has 2 rings (SSSR count). The molecule has 0 aliphatic carbocycles. The lowest BCUT2D eigenvalue weighted by Gasteiger charge is -2.28. The average Bonchev–Trinajstić information content (AvgIpc) is 2.41. The van der Waals surface area contributed by atoms with E-state index in [-0.39, 0.29) is 17.5 Å². The molecule has 0 heterocycles. The van der Waals surface area contributed by atoms with E-state index >= 15 is 0 Å². The molecule has 0 bridgehead atoms. The van der Waals surface area contributed by atoms with Crippen LogP contribution in [0.1, 0.15) is 24.5 Å². The molecule has 0 fully saturated rings. The smallest absolute Gasteiger partial charge is 0.159 e. The Morgan fingerprint density at radius 2 is 1.63 bits per heavy atom. The monoisotopic (exact) mass is 266 g/mol. The van der Waals surface area contributed by atoms with Gasteiger partial charge in [-0.3, -0.25) is 0 Å². The normalized spacial score (nSPS) is 14.2. The molecule has 0 aromatic heterocycles. The molecule has 19 heavy (non-hydrogen) atoms.